The number of thiophene rings is 1. The summed E-state index contributed by atoms with van der Waals surface area (Å²) in [7, 11) is 0. The zero-order valence-corrected chi connectivity index (χ0v) is 13.1. The molecule has 0 atom stereocenters. The topological polar surface area (TPSA) is 42.4 Å². The number of aromatic nitrogens is 1. The summed E-state index contributed by atoms with van der Waals surface area (Å²) in [4.78, 5) is 19.5. The Morgan fingerprint density at radius 2 is 2.20 bits per heavy atom. The minimum absolute atomic E-state index is 0.124. The Kier molecular flexibility index (Phi) is 4.35. The van der Waals surface area contributed by atoms with Crippen molar-refractivity contribution in [1.29, 1.82) is 0 Å². The van der Waals surface area contributed by atoms with E-state index in [0.29, 0.717) is 32.7 Å². The molecule has 2 aromatic heterocycles. The Bertz CT molecular complexity index is 605. The number of thiazole rings is 1. The van der Waals surface area contributed by atoms with Gasteiger partial charge in [0.15, 0.2) is 0 Å². The molecule has 106 valence electrons. The Labute approximate surface area is 130 Å². The molecule has 4 nitrogen and oxygen atoms in total. The second kappa shape index (κ2) is 6.22. The van der Waals surface area contributed by atoms with Crippen LogP contribution >= 0.6 is 34.3 Å². The lowest BCUT2D eigenvalue weighted by Gasteiger charge is -2.26. The van der Waals surface area contributed by atoms with Crippen molar-refractivity contribution >= 4 is 40.2 Å². The van der Waals surface area contributed by atoms with E-state index in [1.54, 1.807) is 0 Å². The standard InChI is InChI=1S/C13H13ClN2O2S2/c14-11-2-1-10(20-11)9-8-19-12(15-9)7-13(17)16-3-5-18-6-4-16/h1-2,8H,3-7H2. The third kappa shape index (κ3) is 3.20. The highest BCUT2D eigenvalue weighted by Crippen LogP contribution is 2.31. The molecule has 0 aromatic carbocycles. The lowest BCUT2D eigenvalue weighted by Crippen LogP contribution is -2.41. The van der Waals surface area contributed by atoms with Gasteiger partial charge >= 0.3 is 0 Å². The maximum Gasteiger partial charge on any atom is 0.229 e. The van der Waals surface area contributed by atoms with Gasteiger partial charge in [-0.25, -0.2) is 4.98 Å². The van der Waals surface area contributed by atoms with E-state index in [-0.39, 0.29) is 5.91 Å². The lowest BCUT2D eigenvalue weighted by atomic mass is 10.3. The lowest BCUT2D eigenvalue weighted by molar-refractivity contribution is -0.134. The second-order valence-electron chi connectivity index (χ2n) is 4.40. The molecule has 2 aromatic rings. The molecule has 3 heterocycles. The van der Waals surface area contributed by atoms with Crippen molar-refractivity contribution in [3.05, 3.63) is 26.9 Å². The quantitative estimate of drug-likeness (QED) is 0.870. The van der Waals surface area contributed by atoms with E-state index >= 15 is 0 Å². The van der Waals surface area contributed by atoms with Crippen molar-refractivity contribution in [2.45, 2.75) is 6.42 Å². The first kappa shape index (κ1) is 14.0. The van der Waals surface area contributed by atoms with Gasteiger partial charge in [0.25, 0.3) is 0 Å². The fourth-order valence-electron chi connectivity index (χ4n) is 2.01. The fourth-order valence-corrected chi connectivity index (χ4v) is 3.87. The summed E-state index contributed by atoms with van der Waals surface area (Å²) in [5.41, 5.74) is 0.900. The Morgan fingerprint density at radius 3 is 2.90 bits per heavy atom. The molecule has 0 unspecified atom stereocenters. The average molecular weight is 329 g/mol. The van der Waals surface area contributed by atoms with Gasteiger partial charge in [0.1, 0.15) is 5.01 Å². The number of rotatable bonds is 3. The normalized spacial score (nSPS) is 15.6. The van der Waals surface area contributed by atoms with Crippen molar-refractivity contribution in [2.75, 3.05) is 26.3 Å². The van der Waals surface area contributed by atoms with Crippen LogP contribution in [0.1, 0.15) is 5.01 Å². The molecule has 1 fully saturated rings. The highest BCUT2D eigenvalue weighted by atomic mass is 35.5. The monoisotopic (exact) mass is 328 g/mol. The molecular weight excluding hydrogens is 316 g/mol. The smallest absolute Gasteiger partial charge is 0.229 e. The van der Waals surface area contributed by atoms with Crippen LogP contribution in [0.25, 0.3) is 10.6 Å². The summed E-state index contributed by atoms with van der Waals surface area (Å²) in [6.45, 7) is 2.61. The summed E-state index contributed by atoms with van der Waals surface area (Å²) < 4.78 is 6.00. The van der Waals surface area contributed by atoms with Gasteiger partial charge in [0.05, 0.1) is 34.5 Å². The van der Waals surface area contributed by atoms with Crippen LogP contribution in [0.15, 0.2) is 17.5 Å². The van der Waals surface area contributed by atoms with Crippen LogP contribution in [-0.4, -0.2) is 42.1 Å². The number of amides is 1. The predicted octanol–water partition coefficient (Wildman–Crippen LogP) is 2.93. The van der Waals surface area contributed by atoms with E-state index in [0.717, 1.165) is 19.9 Å². The van der Waals surface area contributed by atoms with Gasteiger partial charge in [-0.1, -0.05) is 11.6 Å². The zero-order valence-electron chi connectivity index (χ0n) is 10.7. The molecule has 7 heteroatoms. The largest absolute Gasteiger partial charge is 0.378 e. The average Bonchev–Trinajstić information content (AvgIpc) is 3.09. The summed E-state index contributed by atoms with van der Waals surface area (Å²) in [5.74, 6) is 0.124. The fraction of sp³-hybridized carbons (Fsp3) is 0.385. The van der Waals surface area contributed by atoms with E-state index < -0.39 is 0 Å². The van der Waals surface area contributed by atoms with Crippen LogP contribution in [0.2, 0.25) is 4.34 Å². The third-order valence-corrected chi connectivity index (χ3v) is 5.15. The van der Waals surface area contributed by atoms with Gasteiger partial charge < -0.3 is 9.64 Å². The van der Waals surface area contributed by atoms with E-state index in [4.69, 9.17) is 16.3 Å². The van der Waals surface area contributed by atoms with E-state index in [1.165, 1.54) is 22.7 Å². The van der Waals surface area contributed by atoms with Gasteiger partial charge in [-0.2, -0.15) is 0 Å². The number of hydrogen-bond acceptors (Lipinski definition) is 5. The number of carbonyl (C=O) groups is 1. The Balaban J connectivity index is 1.66. The summed E-state index contributed by atoms with van der Waals surface area (Å²) in [6, 6.07) is 3.81. The number of hydrogen-bond donors (Lipinski definition) is 0. The number of halogens is 1. The molecule has 3 rings (SSSR count). The molecule has 1 aliphatic rings. The van der Waals surface area contributed by atoms with Gasteiger partial charge in [0.2, 0.25) is 5.91 Å². The molecule has 0 bridgehead atoms. The molecule has 20 heavy (non-hydrogen) atoms. The number of carbonyl (C=O) groups excluding carboxylic acids is 1. The zero-order chi connectivity index (χ0) is 13.9. The molecule has 0 N–H and O–H groups in total. The SMILES string of the molecule is O=C(Cc1nc(-c2ccc(Cl)s2)cs1)N1CCOCC1. The maximum atomic E-state index is 12.1. The van der Waals surface area contributed by atoms with Gasteiger partial charge in [-0.3, -0.25) is 4.79 Å². The van der Waals surface area contributed by atoms with Crippen molar-refractivity contribution in [1.82, 2.24) is 9.88 Å². The van der Waals surface area contributed by atoms with Crippen LogP contribution in [0.3, 0.4) is 0 Å². The van der Waals surface area contributed by atoms with Crippen LogP contribution < -0.4 is 0 Å². The van der Waals surface area contributed by atoms with Crippen LogP contribution in [-0.2, 0) is 16.0 Å². The number of nitrogens with zero attached hydrogens (tertiary/aromatic N) is 2. The summed E-state index contributed by atoms with van der Waals surface area (Å²) in [6.07, 6.45) is 0.365. The number of ether oxygens (including phenoxy) is 1. The summed E-state index contributed by atoms with van der Waals surface area (Å²) >= 11 is 8.94. The second-order valence-corrected chi connectivity index (χ2v) is 7.06. The van der Waals surface area contributed by atoms with Crippen LogP contribution in [0, 0.1) is 0 Å². The molecule has 0 spiro atoms. The highest BCUT2D eigenvalue weighted by Gasteiger charge is 2.18. The molecule has 1 aliphatic heterocycles. The predicted molar refractivity (Wildman–Crippen MR) is 81.5 cm³/mol. The van der Waals surface area contributed by atoms with Crippen LogP contribution in [0.5, 0.6) is 0 Å². The third-order valence-electron chi connectivity index (χ3n) is 3.04. The molecule has 1 amide bonds. The molecular formula is C13H13ClN2O2S2. The van der Waals surface area contributed by atoms with E-state index in [2.05, 4.69) is 4.98 Å². The first-order chi connectivity index (χ1) is 9.72. The van der Waals surface area contributed by atoms with Crippen molar-refractivity contribution < 1.29 is 9.53 Å². The minimum atomic E-state index is 0.124. The molecule has 1 saturated heterocycles. The van der Waals surface area contributed by atoms with Crippen LogP contribution in [0.4, 0.5) is 0 Å². The highest BCUT2D eigenvalue weighted by molar-refractivity contribution is 7.19. The van der Waals surface area contributed by atoms with Crippen molar-refractivity contribution in [2.24, 2.45) is 0 Å². The van der Waals surface area contributed by atoms with Crippen molar-refractivity contribution in [3.63, 3.8) is 0 Å². The summed E-state index contributed by atoms with van der Waals surface area (Å²) in [5, 5.41) is 2.82. The first-order valence-corrected chi connectivity index (χ1v) is 8.35. The first-order valence-electron chi connectivity index (χ1n) is 6.28. The Hall–Kier alpha value is -0.950. The number of morpholine rings is 1. The minimum Gasteiger partial charge on any atom is -0.378 e. The van der Waals surface area contributed by atoms with E-state index in [1.807, 2.05) is 22.4 Å². The Morgan fingerprint density at radius 1 is 1.40 bits per heavy atom. The van der Waals surface area contributed by atoms with Gasteiger partial charge in [-0.15, -0.1) is 22.7 Å². The molecule has 0 aliphatic carbocycles. The molecule has 0 saturated carbocycles. The van der Waals surface area contributed by atoms with Crippen molar-refractivity contribution in [3.8, 4) is 10.6 Å². The van der Waals surface area contributed by atoms with E-state index in [9.17, 15) is 4.79 Å². The maximum absolute atomic E-state index is 12.1. The van der Waals surface area contributed by atoms with Gasteiger partial charge in [-0.05, 0) is 12.1 Å². The van der Waals surface area contributed by atoms with Gasteiger partial charge in [0, 0.05) is 18.5 Å². The molecule has 0 radical (unpaired) electrons.